The van der Waals surface area contributed by atoms with Gasteiger partial charge < -0.3 is 5.32 Å². The normalized spacial score (nSPS) is 18.2. The van der Waals surface area contributed by atoms with Gasteiger partial charge in [0.1, 0.15) is 11.1 Å². The molecule has 0 spiro atoms. The minimum atomic E-state index is -3.54. The summed E-state index contributed by atoms with van der Waals surface area (Å²) in [6.07, 6.45) is 1.90. The average molecular weight is 390 g/mol. The first kappa shape index (κ1) is 18.6. The van der Waals surface area contributed by atoms with Gasteiger partial charge in [-0.05, 0) is 54.5 Å². The van der Waals surface area contributed by atoms with Crippen LogP contribution in [-0.4, -0.2) is 31.7 Å². The van der Waals surface area contributed by atoms with E-state index in [0.29, 0.717) is 35.1 Å². The van der Waals surface area contributed by atoms with Crippen molar-refractivity contribution in [3.63, 3.8) is 0 Å². The Morgan fingerprint density at radius 1 is 1.31 bits per heavy atom. The number of amides is 1. The first-order valence-corrected chi connectivity index (χ1v) is 10.6. The summed E-state index contributed by atoms with van der Waals surface area (Å²) in [5.74, 6) is -0.0248. The van der Waals surface area contributed by atoms with E-state index in [9.17, 15) is 13.2 Å². The SMILES string of the molecule is C[C@H]1CCCN(S(=O)(=O)c2ccc(C(=O)Nc3sccc3C#N)cc2)C1. The molecule has 0 unspecified atom stereocenters. The second-order valence-electron chi connectivity index (χ2n) is 6.36. The molecule has 136 valence electrons. The van der Waals surface area contributed by atoms with Crippen molar-refractivity contribution in [2.45, 2.75) is 24.7 Å². The zero-order valence-corrected chi connectivity index (χ0v) is 15.9. The number of nitriles is 1. The number of thiophene rings is 1. The number of carbonyl (C=O) groups excluding carboxylic acids is 1. The van der Waals surface area contributed by atoms with Crippen molar-refractivity contribution in [2.24, 2.45) is 5.92 Å². The molecule has 0 aliphatic carbocycles. The van der Waals surface area contributed by atoms with Crippen molar-refractivity contribution in [2.75, 3.05) is 18.4 Å². The molecule has 0 bridgehead atoms. The Balaban J connectivity index is 1.75. The zero-order valence-electron chi connectivity index (χ0n) is 14.3. The molecule has 1 atom stereocenters. The third-order valence-corrected chi connectivity index (χ3v) is 7.10. The third kappa shape index (κ3) is 3.80. The van der Waals surface area contributed by atoms with E-state index in [1.165, 1.54) is 39.9 Å². The quantitative estimate of drug-likeness (QED) is 0.869. The number of benzene rings is 1. The molecule has 1 fully saturated rings. The standard InChI is InChI=1S/C18H19N3O3S2/c1-13-3-2-9-21(12-13)26(23,24)16-6-4-14(5-7-16)17(22)20-18-15(11-19)8-10-25-18/h4-8,10,13H,2-3,9,12H2,1H3,(H,20,22)/t13-/m0/s1. The van der Waals surface area contributed by atoms with Crippen molar-refractivity contribution in [1.82, 2.24) is 4.31 Å². The molecule has 1 aromatic heterocycles. The van der Waals surface area contributed by atoms with Gasteiger partial charge in [-0.15, -0.1) is 11.3 Å². The smallest absolute Gasteiger partial charge is 0.256 e. The topological polar surface area (TPSA) is 90.3 Å². The van der Waals surface area contributed by atoms with Gasteiger partial charge in [0, 0.05) is 18.7 Å². The van der Waals surface area contributed by atoms with Crippen LogP contribution in [0.5, 0.6) is 0 Å². The van der Waals surface area contributed by atoms with E-state index in [0.717, 1.165) is 12.8 Å². The number of carbonyl (C=O) groups is 1. The van der Waals surface area contributed by atoms with E-state index in [-0.39, 0.29) is 10.8 Å². The fourth-order valence-corrected chi connectivity index (χ4v) is 5.29. The van der Waals surface area contributed by atoms with Crippen molar-refractivity contribution in [3.8, 4) is 6.07 Å². The maximum Gasteiger partial charge on any atom is 0.256 e. The Kier molecular flexibility index (Phi) is 5.41. The minimum absolute atomic E-state index is 0.192. The Labute approximate surface area is 157 Å². The highest BCUT2D eigenvalue weighted by Gasteiger charge is 2.28. The molecule has 3 rings (SSSR count). The summed E-state index contributed by atoms with van der Waals surface area (Å²) in [6, 6.07) is 9.56. The molecule has 26 heavy (non-hydrogen) atoms. The summed E-state index contributed by atoms with van der Waals surface area (Å²) >= 11 is 1.27. The number of anilines is 1. The second-order valence-corrected chi connectivity index (χ2v) is 9.22. The summed E-state index contributed by atoms with van der Waals surface area (Å²) in [6.45, 7) is 3.11. The van der Waals surface area contributed by atoms with Gasteiger partial charge in [0.2, 0.25) is 10.0 Å². The monoisotopic (exact) mass is 389 g/mol. The molecule has 1 amide bonds. The van der Waals surface area contributed by atoms with Crippen LogP contribution in [0.15, 0.2) is 40.6 Å². The number of nitrogens with one attached hydrogen (secondary N) is 1. The Hall–Kier alpha value is -2.21. The third-order valence-electron chi connectivity index (χ3n) is 4.39. The fraction of sp³-hybridized carbons (Fsp3) is 0.333. The molecule has 2 aromatic rings. The Bertz CT molecular complexity index is 943. The number of sulfonamides is 1. The first-order valence-electron chi connectivity index (χ1n) is 8.31. The molecule has 0 radical (unpaired) electrons. The summed E-state index contributed by atoms with van der Waals surface area (Å²) < 4.78 is 27.0. The van der Waals surface area contributed by atoms with E-state index >= 15 is 0 Å². The maximum absolute atomic E-state index is 12.7. The summed E-state index contributed by atoms with van der Waals surface area (Å²) in [4.78, 5) is 12.5. The molecule has 1 saturated heterocycles. The van der Waals surface area contributed by atoms with Gasteiger partial charge in [0.05, 0.1) is 10.5 Å². The fourth-order valence-electron chi connectivity index (χ4n) is 2.96. The van der Waals surface area contributed by atoms with E-state index in [1.54, 1.807) is 11.4 Å². The summed E-state index contributed by atoms with van der Waals surface area (Å²) in [5, 5.41) is 13.9. The van der Waals surface area contributed by atoms with Crippen LogP contribution in [0, 0.1) is 17.2 Å². The van der Waals surface area contributed by atoms with Gasteiger partial charge in [-0.3, -0.25) is 4.79 Å². The van der Waals surface area contributed by atoms with Crippen LogP contribution in [-0.2, 0) is 10.0 Å². The average Bonchev–Trinajstić information content (AvgIpc) is 3.09. The number of nitrogens with zero attached hydrogens (tertiary/aromatic N) is 2. The van der Waals surface area contributed by atoms with E-state index in [4.69, 9.17) is 5.26 Å². The van der Waals surface area contributed by atoms with Gasteiger partial charge >= 0.3 is 0 Å². The molecular weight excluding hydrogens is 370 g/mol. The Morgan fingerprint density at radius 3 is 2.69 bits per heavy atom. The van der Waals surface area contributed by atoms with E-state index in [1.807, 2.05) is 6.07 Å². The first-order chi connectivity index (χ1) is 12.4. The number of piperidine rings is 1. The van der Waals surface area contributed by atoms with Gasteiger partial charge in [-0.2, -0.15) is 9.57 Å². The predicted octanol–water partition coefficient (Wildman–Crippen LogP) is 3.29. The van der Waals surface area contributed by atoms with Crippen LogP contribution < -0.4 is 5.32 Å². The second kappa shape index (κ2) is 7.58. The van der Waals surface area contributed by atoms with Gasteiger partial charge in [-0.25, -0.2) is 8.42 Å². The summed E-state index contributed by atoms with van der Waals surface area (Å²) in [7, 11) is -3.54. The van der Waals surface area contributed by atoms with E-state index in [2.05, 4.69) is 12.2 Å². The predicted molar refractivity (Wildman–Crippen MR) is 101 cm³/mol. The lowest BCUT2D eigenvalue weighted by Crippen LogP contribution is -2.39. The van der Waals surface area contributed by atoms with Crippen LogP contribution >= 0.6 is 11.3 Å². The largest absolute Gasteiger partial charge is 0.312 e. The number of hydrogen-bond acceptors (Lipinski definition) is 5. The van der Waals surface area contributed by atoms with Crippen LogP contribution in [0.25, 0.3) is 0 Å². The molecule has 1 aliphatic rings. The number of hydrogen-bond donors (Lipinski definition) is 1. The molecule has 1 aliphatic heterocycles. The highest BCUT2D eigenvalue weighted by atomic mass is 32.2. The zero-order chi connectivity index (χ0) is 18.7. The Morgan fingerprint density at radius 2 is 2.04 bits per heavy atom. The van der Waals surface area contributed by atoms with Gasteiger partial charge in [0.15, 0.2) is 0 Å². The lowest BCUT2D eigenvalue weighted by atomic mass is 10.0. The van der Waals surface area contributed by atoms with E-state index < -0.39 is 10.0 Å². The minimum Gasteiger partial charge on any atom is -0.312 e. The molecular formula is C18H19N3O3S2. The maximum atomic E-state index is 12.7. The van der Waals surface area contributed by atoms with Crippen molar-refractivity contribution < 1.29 is 13.2 Å². The molecule has 1 N–H and O–H groups in total. The van der Waals surface area contributed by atoms with Crippen LogP contribution in [0.2, 0.25) is 0 Å². The molecule has 1 aromatic carbocycles. The van der Waals surface area contributed by atoms with Crippen LogP contribution in [0.4, 0.5) is 5.00 Å². The van der Waals surface area contributed by atoms with Crippen molar-refractivity contribution >= 4 is 32.3 Å². The molecule has 8 heteroatoms. The molecule has 0 saturated carbocycles. The highest BCUT2D eigenvalue weighted by Crippen LogP contribution is 2.25. The summed E-state index contributed by atoms with van der Waals surface area (Å²) in [5.41, 5.74) is 0.745. The lowest BCUT2D eigenvalue weighted by molar-refractivity contribution is 0.102. The highest BCUT2D eigenvalue weighted by molar-refractivity contribution is 7.89. The van der Waals surface area contributed by atoms with Gasteiger partial charge in [0.25, 0.3) is 5.91 Å². The van der Waals surface area contributed by atoms with Crippen LogP contribution in [0.3, 0.4) is 0 Å². The molecule has 2 heterocycles. The lowest BCUT2D eigenvalue weighted by Gasteiger charge is -2.30. The van der Waals surface area contributed by atoms with Crippen molar-refractivity contribution in [1.29, 1.82) is 5.26 Å². The van der Waals surface area contributed by atoms with Crippen molar-refractivity contribution in [3.05, 3.63) is 46.8 Å². The van der Waals surface area contributed by atoms with Crippen LogP contribution in [0.1, 0.15) is 35.7 Å². The molecule has 6 nitrogen and oxygen atoms in total. The van der Waals surface area contributed by atoms with Gasteiger partial charge in [-0.1, -0.05) is 6.92 Å². The number of rotatable bonds is 4.